The predicted molar refractivity (Wildman–Crippen MR) is 90.4 cm³/mol. The zero-order valence-electron chi connectivity index (χ0n) is 14.6. The molecule has 0 saturated heterocycles. The molecule has 0 aromatic carbocycles. The highest BCUT2D eigenvalue weighted by Gasteiger charge is 2.56. The summed E-state index contributed by atoms with van der Waals surface area (Å²) in [6.07, 6.45) is 8.21. The molecule has 0 radical (unpaired) electrons. The smallest absolute Gasteiger partial charge is 0.0610 e. The van der Waals surface area contributed by atoms with Crippen molar-refractivity contribution in [3.8, 4) is 0 Å². The van der Waals surface area contributed by atoms with E-state index in [1.165, 1.54) is 12.0 Å². The summed E-state index contributed by atoms with van der Waals surface area (Å²) < 4.78 is 0. The molecule has 2 N–H and O–H groups in total. The molecule has 0 heterocycles. The van der Waals surface area contributed by atoms with Gasteiger partial charge < -0.3 is 10.2 Å². The van der Waals surface area contributed by atoms with Crippen LogP contribution in [0.3, 0.4) is 0 Å². The van der Waals surface area contributed by atoms with Crippen molar-refractivity contribution in [3.05, 3.63) is 12.2 Å². The molecule has 0 spiro atoms. The molecule has 2 nitrogen and oxygen atoms in total. The third kappa shape index (κ3) is 2.29. The first kappa shape index (κ1) is 16.5. The quantitative estimate of drug-likeness (QED) is 0.746. The topological polar surface area (TPSA) is 40.5 Å². The second-order valence-electron chi connectivity index (χ2n) is 8.84. The van der Waals surface area contributed by atoms with Gasteiger partial charge in [-0.25, -0.2) is 0 Å². The molecule has 3 fully saturated rings. The van der Waals surface area contributed by atoms with Crippen molar-refractivity contribution in [3.63, 3.8) is 0 Å². The highest BCUT2D eigenvalue weighted by molar-refractivity contribution is 5.21. The molecule has 7 atom stereocenters. The Morgan fingerprint density at radius 2 is 1.82 bits per heavy atom. The van der Waals surface area contributed by atoms with Crippen molar-refractivity contribution >= 4 is 0 Å². The van der Waals surface area contributed by atoms with E-state index >= 15 is 0 Å². The van der Waals surface area contributed by atoms with Gasteiger partial charge in [-0.2, -0.15) is 0 Å². The van der Waals surface area contributed by atoms with E-state index in [1.54, 1.807) is 0 Å². The minimum absolute atomic E-state index is 0.129. The lowest BCUT2D eigenvalue weighted by Crippen LogP contribution is -2.52. The van der Waals surface area contributed by atoms with Crippen LogP contribution in [0.15, 0.2) is 12.2 Å². The Hall–Kier alpha value is -0.340. The van der Waals surface area contributed by atoms with Gasteiger partial charge in [-0.05, 0) is 73.5 Å². The number of fused-ring (bicyclic) bond motifs is 1. The van der Waals surface area contributed by atoms with Crippen LogP contribution in [0.5, 0.6) is 0 Å². The largest absolute Gasteiger partial charge is 0.393 e. The molecule has 0 aromatic rings. The molecule has 126 valence electrons. The van der Waals surface area contributed by atoms with Crippen LogP contribution in [0.1, 0.15) is 72.1 Å². The Kier molecular flexibility index (Phi) is 4.23. The van der Waals surface area contributed by atoms with E-state index in [1.807, 2.05) is 0 Å². The lowest BCUT2D eigenvalue weighted by molar-refractivity contribution is -0.119. The van der Waals surface area contributed by atoms with Gasteiger partial charge in [0.2, 0.25) is 0 Å². The normalized spacial score (nSPS) is 52.6. The van der Waals surface area contributed by atoms with Gasteiger partial charge in [0, 0.05) is 0 Å². The van der Waals surface area contributed by atoms with Gasteiger partial charge in [-0.15, -0.1) is 0 Å². The third-order valence-corrected chi connectivity index (χ3v) is 8.03. The van der Waals surface area contributed by atoms with Gasteiger partial charge >= 0.3 is 0 Å². The number of allylic oxidation sites excluding steroid dienone is 1. The summed E-state index contributed by atoms with van der Waals surface area (Å²) in [4.78, 5) is 0. The summed E-state index contributed by atoms with van der Waals surface area (Å²) in [5, 5.41) is 21.3. The molecule has 2 heteroatoms. The molecule has 0 aromatic heterocycles. The lowest BCUT2D eigenvalue weighted by atomic mass is 9.51. The first-order valence-electron chi connectivity index (χ1n) is 9.37. The summed E-state index contributed by atoms with van der Waals surface area (Å²) in [7, 11) is 0. The summed E-state index contributed by atoms with van der Waals surface area (Å²) in [5.74, 6) is 1.35. The van der Waals surface area contributed by atoms with Crippen molar-refractivity contribution in [2.75, 3.05) is 0 Å². The number of hydrogen-bond acceptors (Lipinski definition) is 2. The number of hydrogen-bond donors (Lipinski definition) is 2. The van der Waals surface area contributed by atoms with E-state index in [0.29, 0.717) is 17.8 Å². The van der Waals surface area contributed by atoms with Crippen LogP contribution in [0.2, 0.25) is 0 Å². The van der Waals surface area contributed by atoms with Crippen molar-refractivity contribution in [2.24, 2.45) is 28.6 Å². The predicted octanol–water partition coefficient (Wildman–Crippen LogP) is 4.31. The fourth-order valence-electron chi connectivity index (χ4n) is 6.25. The molecule has 3 aliphatic carbocycles. The first-order chi connectivity index (χ1) is 10.3. The molecule has 0 amide bonds. The van der Waals surface area contributed by atoms with E-state index in [0.717, 1.165) is 44.9 Å². The van der Waals surface area contributed by atoms with Gasteiger partial charge in [0.25, 0.3) is 0 Å². The minimum atomic E-state index is -0.188. The van der Waals surface area contributed by atoms with Crippen LogP contribution in [0, 0.1) is 28.6 Å². The maximum atomic E-state index is 11.2. The average molecular weight is 306 g/mol. The summed E-state index contributed by atoms with van der Waals surface area (Å²) in [6, 6.07) is 0. The summed E-state index contributed by atoms with van der Waals surface area (Å²) >= 11 is 0. The lowest BCUT2D eigenvalue weighted by Gasteiger charge is -2.55. The zero-order chi connectivity index (χ0) is 16.1. The Balaban J connectivity index is 1.85. The summed E-state index contributed by atoms with van der Waals surface area (Å²) in [5.41, 5.74) is 1.73. The standard InChI is InChI=1S/C20H34O2/c1-5-14-12-15(21)8-10-20(14,4)17-9-11-19(3)13(2)6-7-16(19)18(17)22/h14-18,21-22H,2,5-12H2,1,3-4H3/t14-,15-,16?,17?,18+,19-,20-/m0/s1. The first-order valence-corrected chi connectivity index (χ1v) is 9.37. The minimum Gasteiger partial charge on any atom is -0.393 e. The molecule has 2 unspecified atom stereocenters. The molecular formula is C20H34O2. The van der Waals surface area contributed by atoms with Crippen LogP contribution < -0.4 is 0 Å². The maximum absolute atomic E-state index is 11.2. The Bertz CT molecular complexity index is 445. The van der Waals surface area contributed by atoms with Crippen LogP contribution >= 0.6 is 0 Å². The van der Waals surface area contributed by atoms with Gasteiger partial charge in [0.15, 0.2) is 0 Å². The average Bonchev–Trinajstić information content (AvgIpc) is 2.78. The van der Waals surface area contributed by atoms with E-state index in [4.69, 9.17) is 0 Å². The zero-order valence-corrected chi connectivity index (χ0v) is 14.6. The number of rotatable bonds is 2. The van der Waals surface area contributed by atoms with Crippen LogP contribution in [-0.4, -0.2) is 22.4 Å². The molecule has 3 rings (SSSR count). The molecular weight excluding hydrogens is 272 g/mol. The molecule has 0 bridgehead atoms. The monoisotopic (exact) mass is 306 g/mol. The van der Waals surface area contributed by atoms with Gasteiger partial charge in [0.1, 0.15) is 0 Å². The van der Waals surface area contributed by atoms with Gasteiger partial charge in [0.05, 0.1) is 12.2 Å². The van der Waals surface area contributed by atoms with Crippen molar-refractivity contribution in [1.29, 1.82) is 0 Å². The van der Waals surface area contributed by atoms with Crippen molar-refractivity contribution < 1.29 is 10.2 Å². The fraction of sp³-hybridized carbons (Fsp3) is 0.900. The molecule has 3 saturated carbocycles. The second kappa shape index (κ2) is 5.63. The third-order valence-electron chi connectivity index (χ3n) is 8.03. The van der Waals surface area contributed by atoms with E-state index in [-0.39, 0.29) is 23.0 Å². The molecule has 22 heavy (non-hydrogen) atoms. The van der Waals surface area contributed by atoms with Crippen LogP contribution in [0.25, 0.3) is 0 Å². The molecule has 0 aliphatic heterocycles. The summed E-state index contributed by atoms with van der Waals surface area (Å²) in [6.45, 7) is 11.3. The highest BCUT2D eigenvalue weighted by atomic mass is 16.3. The Morgan fingerprint density at radius 1 is 1.09 bits per heavy atom. The number of aliphatic hydroxyl groups excluding tert-OH is 2. The fourth-order valence-corrected chi connectivity index (χ4v) is 6.25. The Labute approximate surface area is 136 Å². The Morgan fingerprint density at radius 3 is 2.50 bits per heavy atom. The van der Waals surface area contributed by atoms with Crippen LogP contribution in [0.4, 0.5) is 0 Å². The number of aliphatic hydroxyl groups is 2. The van der Waals surface area contributed by atoms with Crippen LogP contribution in [-0.2, 0) is 0 Å². The van der Waals surface area contributed by atoms with Crippen molar-refractivity contribution in [1.82, 2.24) is 0 Å². The van der Waals surface area contributed by atoms with Gasteiger partial charge in [-0.3, -0.25) is 0 Å². The molecule has 3 aliphatic rings. The highest BCUT2D eigenvalue weighted by Crippen LogP contribution is 2.61. The maximum Gasteiger partial charge on any atom is 0.0610 e. The van der Waals surface area contributed by atoms with Gasteiger partial charge in [-0.1, -0.05) is 39.3 Å². The second-order valence-corrected chi connectivity index (χ2v) is 8.84. The van der Waals surface area contributed by atoms with E-state index < -0.39 is 0 Å². The SMILES string of the molecule is C=C1CCC2[C@@H](O)C([C@@]3(C)CC[C@H](O)C[C@@H]3CC)CC[C@@]12C. The van der Waals surface area contributed by atoms with Crippen molar-refractivity contribution in [2.45, 2.75) is 84.3 Å². The van der Waals surface area contributed by atoms with E-state index in [2.05, 4.69) is 27.4 Å². The van der Waals surface area contributed by atoms with E-state index in [9.17, 15) is 10.2 Å².